The third-order valence-corrected chi connectivity index (χ3v) is 3.33. The molecule has 0 atom stereocenters. The molecule has 2 aromatic rings. The van der Waals surface area contributed by atoms with Gasteiger partial charge < -0.3 is 10.1 Å². The summed E-state index contributed by atoms with van der Waals surface area (Å²) < 4.78 is 5.28. The van der Waals surface area contributed by atoms with Crippen molar-refractivity contribution in [1.82, 2.24) is 5.32 Å². The van der Waals surface area contributed by atoms with Crippen molar-refractivity contribution in [1.29, 1.82) is 0 Å². The van der Waals surface area contributed by atoms with E-state index >= 15 is 0 Å². The fourth-order valence-corrected chi connectivity index (χ4v) is 2.15. The Morgan fingerprint density at radius 1 is 1.05 bits per heavy atom. The van der Waals surface area contributed by atoms with Gasteiger partial charge in [0.2, 0.25) is 0 Å². The molecule has 22 heavy (non-hydrogen) atoms. The fraction of sp³-hybridized carbons (Fsp3) is 0.125. The molecule has 0 radical (unpaired) electrons. The topological polar surface area (TPSA) is 55.4 Å². The number of rotatable bonds is 6. The van der Waals surface area contributed by atoms with E-state index < -0.39 is 5.91 Å². The van der Waals surface area contributed by atoms with Crippen LogP contribution in [0.5, 0.6) is 5.75 Å². The van der Waals surface area contributed by atoms with E-state index in [1.807, 2.05) is 6.07 Å². The largest absolute Gasteiger partial charge is 0.482 e. The maximum atomic E-state index is 11.8. The number of carbonyl (C=O) groups is 2. The van der Waals surface area contributed by atoms with Crippen LogP contribution in [0.15, 0.2) is 48.5 Å². The van der Waals surface area contributed by atoms with E-state index in [1.165, 1.54) is 6.07 Å². The van der Waals surface area contributed by atoms with Gasteiger partial charge in [-0.2, -0.15) is 0 Å². The second-order valence-electron chi connectivity index (χ2n) is 4.43. The number of ketones is 1. The summed E-state index contributed by atoms with van der Waals surface area (Å²) in [5.74, 6) is -0.218. The van der Waals surface area contributed by atoms with E-state index in [0.29, 0.717) is 21.4 Å². The molecule has 0 fully saturated rings. The highest BCUT2D eigenvalue weighted by Crippen LogP contribution is 2.27. The normalized spacial score (nSPS) is 10.1. The smallest absolute Gasteiger partial charge is 0.258 e. The fourth-order valence-electron chi connectivity index (χ4n) is 1.69. The van der Waals surface area contributed by atoms with Crippen molar-refractivity contribution >= 4 is 34.9 Å². The monoisotopic (exact) mass is 337 g/mol. The van der Waals surface area contributed by atoms with Crippen LogP contribution in [0.2, 0.25) is 10.0 Å². The van der Waals surface area contributed by atoms with Gasteiger partial charge in [-0.3, -0.25) is 9.59 Å². The van der Waals surface area contributed by atoms with Crippen molar-refractivity contribution in [2.75, 3.05) is 13.2 Å². The van der Waals surface area contributed by atoms with Crippen LogP contribution >= 0.6 is 23.2 Å². The molecule has 1 N–H and O–H groups in total. The summed E-state index contributed by atoms with van der Waals surface area (Å²) in [4.78, 5) is 23.5. The number of hydrogen-bond donors (Lipinski definition) is 1. The number of benzene rings is 2. The highest BCUT2D eigenvalue weighted by molar-refractivity contribution is 6.35. The Kier molecular flexibility index (Phi) is 5.81. The summed E-state index contributed by atoms with van der Waals surface area (Å²) in [6, 6.07) is 13.4. The van der Waals surface area contributed by atoms with Gasteiger partial charge in [-0.1, -0.05) is 53.5 Å². The van der Waals surface area contributed by atoms with Gasteiger partial charge in [-0.15, -0.1) is 0 Å². The molecule has 0 spiro atoms. The molecule has 114 valence electrons. The standard InChI is InChI=1S/C16H13Cl2NO3/c17-12-6-7-15(13(18)8-12)22-10-16(21)19-9-14(20)11-4-2-1-3-5-11/h1-8H,9-10H2,(H,19,21). The predicted molar refractivity (Wildman–Crippen MR) is 85.7 cm³/mol. The zero-order valence-corrected chi connectivity index (χ0v) is 13.0. The van der Waals surface area contributed by atoms with Crippen molar-refractivity contribution in [3.05, 3.63) is 64.1 Å². The van der Waals surface area contributed by atoms with E-state index in [9.17, 15) is 9.59 Å². The summed E-state index contributed by atoms with van der Waals surface area (Å²) in [6.45, 7) is -0.315. The number of Topliss-reactive ketones (excluding diaryl/α,β-unsaturated/α-hetero) is 1. The molecule has 0 unspecified atom stereocenters. The Labute approximate surface area is 138 Å². The van der Waals surface area contributed by atoms with Crippen LogP contribution in [-0.4, -0.2) is 24.8 Å². The van der Waals surface area contributed by atoms with Crippen LogP contribution in [-0.2, 0) is 4.79 Å². The molecular weight excluding hydrogens is 325 g/mol. The molecule has 2 aromatic carbocycles. The lowest BCUT2D eigenvalue weighted by molar-refractivity contribution is -0.122. The zero-order chi connectivity index (χ0) is 15.9. The lowest BCUT2D eigenvalue weighted by atomic mass is 10.1. The van der Waals surface area contributed by atoms with Gasteiger partial charge in [0, 0.05) is 10.6 Å². The van der Waals surface area contributed by atoms with E-state index in [-0.39, 0.29) is 18.9 Å². The minimum Gasteiger partial charge on any atom is -0.482 e. The molecule has 0 aliphatic rings. The zero-order valence-electron chi connectivity index (χ0n) is 11.5. The predicted octanol–water partition coefficient (Wildman–Crippen LogP) is 3.37. The molecule has 2 rings (SSSR count). The average molecular weight is 338 g/mol. The summed E-state index contributed by atoms with van der Waals surface area (Å²) in [5, 5.41) is 3.30. The molecule has 0 saturated heterocycles. The molecule has 0 aliphatic carbocycles. The minimum atomic E-state index is -0.407. The average Bonchev–Trinajstić information content (AvgIpc) is 2.52. The maximum absolute atomic E-state index is 11.8. The number of halogens is 2. The van der Waals surface area contributed by atoms with Gasteiger partial charge in [0.15, 0.2) is 12.4 Å². The number of amides is 1. The lowest BCUT2D eigenvalue weighted by Gasteiger charge is -2.08. The second kappa shape index (κ2) is 7.82. The molecule has 0 aromatic heterocycles. The second-order valence-corrected chi connectivity index (χ2v) is 5.27. The first-order valence-electron chi connectivity index (χ1n) is 6.49. The van der Waals surface area contributed by atoms with Gasteiger partial charge in [0.25, 0.3) is 5.91 Å². The van der Waals surface area contributed by atoms with Crippen LogP contribution in [0.4, 0.5) is 0 Å². The van der Waals surface area contributed by atoms with E-state index in [0.717, 1.165) is 0 Å². The number of carbonyl (C=O) groups excluding carboxylic acids is 2. The first-order valence-corrected chi connectivity index (χ1v) is 7.24. The van der Waals surface area contributed by atoms with Crippen LogP contribution in [0.25, 0.3) is 0 Å². The molecular formula is C16H13Cl2NO3. The Bertz CT molecular complexity index is 674. The summed E-state index contributed by atoms with van der Waals surface area (Å²) in [7, 11) is 0. The highest BCUT2D eigenvalue weighted by atomic mass is 35.5. The summed E-state index contributed by atoms with van der Waals surface area (Å²) in [6.07, 6.45) is 0. The first kappa shape index (κ1) is 16.3. The molecule has 4 nitrogen and oxygen atoms in total. The van der Waals surface area contributed by atoms with Crippen molar-refractivity contribution in [3.63, 3.8) is 0 Å². The Balaban J connectivity index is 1.80. The SMILES string of the molecule is O=C(COc1ccc(Cl)cc1Cl)NCC(=O)c1ccccc1. The Morgan fingerprint density at radius 3 is 2.45 bits per heavy atom. The van der Waals surface area contributed by atoms with E-state index in [4.69, 9.17) is 27.9 Å². The first-order chi connectivity index (χ1) is 10.6. The van der Waals surface area contributed by atoms with Gasteiger partial charge in [0.1, 0.15) is 5.75 Å². The van der Waals surface area contributed by atoms with Gasteiger partial charge in [-0.05, 0) is 18.2 Å². The van der Waals surface area contributed by atoms with Crippen LogP contribution in [0.1, 0.15) is 10.4 Å². The number of hydrogen-bond acceptors (Lipinski definition) is 3. The van der Waals surface area contributed by atoms with Crippen LogP contribution in [0, 0.1) is 0 Å². The van der Waals surface area contributed by atoms with Crippen LogP contribution < -0.4 is 10.1 Å². The minimum absolute atomic E-state index is 0.0828. The molecule has 0 bridgehead atoms. The molecule has 0 heterocycles. The third kappa shape index (κ3) is 4.76. The van der Waals surface area contributed by atoms with Crippen molar-refractivity contribution < 1.29 is 14.3 Å². The number of nitrogens with one attached hydrogen (secondary N) is 1. The molecule has 0 saturated carbocycles. The Morgan fingerprint density at radius 2 is 1.77 bits per heavy atom. The van der Waals surface area contributed by atoms with Crippen molar-refractivity contribution in [2.45, 2.75) is 0 Å². The molecule has 6 heteroatoms. The third-order valence-electron chi connectivity index (χ3n) is 2.79. The summed E-state index contributed by atoms with van der Waals surface area (Å²) in [5.41, 5.74) is 0.546. The van der Waals surface area contributed by atoms with E-state index in [1.54, 1.807) is 36.4 Å². The highest BCUT2D eigenvalue weighted by Gasteiger charge is 2.09. The number of ether oxygens (including phenoxy) is 1. The van der Waals surface area contributed by atoms with Gasteiger partial charge in [0.05, 0.1) is 11.6 Å². The van der Waals surface area contributed by atoms with Crippen molar-refractivity contribution in [3.8, 4) is 5.75 Å². The molecule has 0 aliphatic heterocycles. The van der Waals surface area contributed by atoms with Crippen LogP contribution in [0.3, 0.4) is 0 Å². The molecule has 1 amide bonds. The lowest BCUT2D eigenvalue weighted by Crippen LogP contribution is -2.33. The van der Waals surface area contributed by atoms with Gasteiger partial charge >= 0.3 is 0 Å². The maximum Gasteiger partial charge on any atom is 0.258 e. The van der Waals surface area contributed by atoms with Gasteiger partial charge in [-0.25, -0.2) is 0 Å². The summed E-state index contributed by atoms with van der Waals surface area (Å²) >= 11 is 11.7. The Hall–Kier alpha value is -2.04. The quantitative estimate of drug-likeness (QED) is 0.822. The van der Waals surface area contributed by atoms with E-state index in [2.05, 4.69) is 5.32 Å². The van der Waals surface area contributed by atoms with Crippen molar-refractivity contribution in [2.24, 2.45) is 0 Å².